The number of amides is 1. The molecular formula is C21H21F3N2O2. The van der Waals surface area contributed by atoms with Gasteiger partial charge >= 0.3 is 6.18 Å². The van der Waals surface area contributed by atoms with Crippen molar-refractivity contribution in [3.05, 3.63) is 71.4 Å². The van der Waals surface area contributed by atoms with E-state index in [0.29, 0.717) is 12.0 Å². The van der Waals surface area contributed by atoms with E-state index < -0.39 is 17.8 Å². The Kier molecular flexibility index (Phi) is 5.74. The van der Waals surface area contributed by atoms with Crippen LogP contribution in [-0.2, 0) is 24.4 Å². The van der Waals surface area contributed by atoms with E-state index >= 15 is 0 Å². The van der Waals surface area contributed by atoms with Crippen molar-refractivity contribution < 1.29 is 23.1 Å². The fourth-order valence-electron chi connectivity index (χ4n) is 3.17. The SMILES string of the molecule is Cn1cc([C@H](O)CNC(=O)CCc2ccc(C(F)(F)F)cc2)c2ccccc21. The fraction of sp³-hybridized carbons (Fsp3) is 0.286. The molecule has 0 aliphatic carbocycles. The van der Waals surface area contributed by atoms with Crippen molar-refractivity contribution in [1.29, 1.82) is 0 Å². The summed E-state index contributed by atoms with van der Waals surface area (Å²) in [6.45, 7) is 0.0693. The lowest BCUT2D eigenvalue weighted by Gasteiger charge is -2.12. The molecule has 3 rings (SSSR count). The third-order valence-electron chi connectivity index (χ3n) is 4.70. The van der Waals surface area contributed by atoms with Gasteiger partial charge in [0, 0.05) is 42.7 Å². The van der Waals surface area contributed by atoms with E-state index in [-0.39, 0.29) is 18.9 Å². The van der Waals surface area contributed by atoms with Crippen molar-refractivity contribution in [2.75, 3.05) is 6.54 Å². The van der Waals surface area contributed by atoms with Gasteiger partial charge in [0.2, 0.25) is 5.91 Å². The molecule has 0 saturated heterocycles. The number of para-hydroxylation sites is 1. The standard InChI is InChI=1S/C21H21F3N2O2/c1-26-13-17(16-4-2-3-5-18(16)26)19(27)12-25-20(28)11-8-14-6-9-15(10-7-14)21(22,23)24/h2-7,9-10,13,19,27H,8,11-12H2,1H3,(H,25,28)/t19-/m1/s1. The van der Waals surface area contributed by atoms with Crippen molar-refractivity contribution >= 4 is 16.8 Å². The first kappa shape index (κ1) is 19.9. The molecule has 0 fully saturated rings. The Morgan fingerprint density at radius 2 is 1.82 bits per heavy atom. The van der Waals surface area contributed by atoms with Crippen LogP contribution in [0.2, 0.25) is 0 Å². The van der Waals surface area contributed by atoms with Crippen LogP contribution in [0, 0.1) is 0 Å². The van der Waals surface area contributed by atoms with Gasteiger partial charge in [-0.25, -0.2) is 0 Å². The number of rotatable bonds is 6. The van der Waals surface area contributed by atoms with Crippen molar-refractivity contribution in [1.82, 2.24) is 9.88 Å². The molecule has 0 spiro atoms. The number of hydrogen-bond acceptors (Lipinski definition) is 2. The number of halogens is 3. The summed E-state index contributed by atoms with van der Waals surface area (Å²) in [5, 5.41) is 14.0. The molecule has 1 amide bonds. The highest BCUT2D eigenvalue weighted by Crippen LogP contribution is 2.29. The molecule has 1 heterocycles. The molecule has 0 saturated carbocycles. The number of nitrogens with one attached hydrogen (secondary N) is 1. The number of alkyl halides is 3. The van der Waals surface area contributed by atoms with Gasteiger partial charge in [0.15, 0.2) is 0 Å². The molecule has 2 N–H and O–H groups in total. The van der Waals surface area contributed by atoms with Crippen LogP contribution >= 0.6 is 0 Å². The summed E-state index contributed by atoms with van der Waals surface area (Å²) in [5.74, 6) is -0.265. The molecular weight excluding hydrogens is 369 g/mol. The Balaban J connectivity index is 1.52. The van der Waals surface area contributed by atoms with Crippen LogP contribution in [0.25, 0.3) is 10.9 Å². The van der Waals surface area contributed by atoms with Crippen LogP contribution in [0.3, 0.4) is 0 Å². The normalized spacial score (nSPS) is 12.9. The summed E-state index contributed by atoms with van der Waals surface area (Å²) in [6.07, 6.45) is -2.92. The summed E-state index contributed by atoms with van der Waals surface area (Å²) >= 11 is 0. The first-order valence-corrected chi connectivity index (χ1v) is 8.90. The van der Waals surface area contributed by atoms with Gasteiger partial charge in [0.05, 0.1) is 11.7 Å². The van der Waals surface area contributed by atoms with Crippen LogP contribution in [-0.4, -0.2) is 22.1 Å². The molecule has 3 aromatic rings. The average Bonchev–Trinajstić information content (AvgIpc) is 3.01. The highest BCUT2D eigenvalue weighted by Gasteiger charge is 2.29. The summed E-state index contributed by atoms with van der Waals surface area (Å²) in [4.78, 5) is 12.0. The van der Waals surface area contributed by atoms with E-state index in [9.17, 15) is 23.1 Å². The molecule has 7 heteroatoms. The van der Waals surface area contributed by atoms with Crippen LogP contribution in [0.15, 0.2) is 54.7 Å². The van der Waals surface area contributed by atoms with Crippen molar-refractivity contribution in [3.63, 3.8) is 0 Å². The van der Waals surface area contributed by atoms with Gasteiger partial charge in [-0.3, -0.25) is 4.79 Å². The van der Waals surface area contributed by atoms with Crippen LogP contribution in [0.5, 0.6) is 0 Å². The zero-order valence-corrected chi connectivity index (χ0v) is 15.3. The lowest BCUT2D eigenvalue weighted by atomic mass is 10.1. The minimum absolute atomic E-state index is 0.0693. The van der Waals surface area contributed by atoms with Crippen LogP contribution in [0.1, 0.15) is 29.2 Å². The Morgan fingerprint density at radius 3 is 2.50 bits per heavy atom. The van der Waals surface area contributed by atoms with Gasteiger partial charge < -0.3 is 15.0 Å². The van der Waals surface area contributed by atoms with Gasteiger partial charge in [-0.15, -0.1) is 0 Å². The zero-order chi connectivity index (χ0) is 20.3. The molecule has 1 aromatic heterocycles. The maximum absolute atomic E-state index is 12.6. The maximum atomic E-state index is 12.6. The van der Waals surface area contributed by atoms with Crippen LogP contribution in [0.4, 0.5) is 13.2 Å². The molecule has 1 atom stereocenters. The lowest BCUT2D eigenvalue weighted by molar-refractivity contribution is -0.137. The topological polar surface area (TPSA) is 54.3 Å². The Bertz CT molecular complexity index is 962. The van der Waals surface area contributed by atoms with E-state index in [0.717, 1.165) is 28.6 Å². The zero-order valence-electron chi connectivity index (χ0n) is 15.3. The third kappa shape index (κ3) is 4.54. The first-order valence-electron chi connectivity index (χ1n) is 8.90. The number of aliphatic hydroxyl groups is 1. The van der Waals surface area contributed by atoms with Crippen molar-refractivity contribution in [2.45, 2.75) is 25.1 Å². The summed E-state index contributed by atoms with van der Waals surface area (Å²) in [6, 6.07) is 12.5. The van der Waals surface area contributed by atoms with Gasteiger partial charge in [-0.05, 0) is 30.2 Å². The molecule has 148 valence electrons. The molecule has 0 unspecified atom stereocenters. The van der Waals surface area contributed by atoms with Crippen molar-refractivity contribution in [2.24, 2.45) is 7.05 Å². The summed E-state index contributed by atoms with van der Waals surface area (Å²) in [7, 11) is 1.89. The van der Waals surface area contributed by atoms with E-state index in [1.165, 1.54) is 12.1 Å². The molecule has 28 heavy (non-hydrogen) atoms. The van der Waals surface area contributed by atoms with Gasteiger partial charge in [-0.1, -0.05) is 30.3 Å². The number of nitrogens with zero attached hydrogens (tertiary/aromatic N) is 1. The monoisotopic (exact) mass is 390 g/mol. The highest BCUT2D eigenvalue weighted by molar-refractivity contribution is 5.84. The van der Waals surface area contributed by atoms with E-state index in [4.69, 9.17) is 0 Å². The van der Waals surface area contributed by atoms with Gasteiger partial charge in [0.25, 0.3) is 0 Å². The predicted molar refractivity (Wildman–Crippen MR) is 101 cm³/mol. The van der Waals surface area contributed by atoms with Gasteiger partial charge in [-0.2, -0.15) is 13.2 Å². The number of aliphatic hydroxyl groups excluding tert-OH is 1. The average molecular weight is 390 g/mol. The minimum atomic E-state index is -4.37. The van der Waals surface area contributed by atoms with E-state index in [2.05, 4.69) is 5.32 Å². The maximum Gasteiger partial charge on any atom is 0.416 e. The summed E-state index contributed by atoms with van der Waals surface area (Å²) < 4.78 is 39.6. The largest absolute Gasteiger partial charge is 0.416 e. The molecule has 0 aliphatic heterocycles. The lowest BCUT2D eigenvalue weighted by Crippen LogP contribution is -2.28. The predicted octanol–water partition coefficient (Wildman–Crippen LogP) is 3.98. The second-order valence-electron chi connectivity index (χ2n) is 6.73. The Morgan fingerprint density at radius 1 is 1.14 bits per heavy atom. The molecule has 0 radical (unpaired) electrons. The molecule has 0 aliphatic rings. The van der Waals surface area contributed by atoms with Gasteiger partial charge in [0.1, 0.15) is 0 Å². The van der Waals surface area contributed by atoms with E-state index in [1.807, 2.05) is 42.1 Å². The number of benzene rings is 2. The fourth-order valence-corrected chi connectivity index (χ4v) is 3.17. The molecule has 4 nitrogen and oxygen atoms in total. The second-order valence-corrected chi connectivity index (χ2v) is 6.73. The number of carbonyl (C=O) groups excluding carboxylic acids is 1. The minimum Gasteiger partial charge on any atom is -0.386 e. The van der Waals surface area contributed by atoms with Crippen LogP contribution < -0.4 is 5.32 Å². The second kappa shape index (κ2) is 8.06. The number of aromatic nitrogens is 1. The quantitative estimate of drug-likeness (QED) is 0.669. The smallest absolute Gasteiger partial charge is 0.386 e. The van der Waals surface area contributed by atoms with E-state index in [1.54, 1.807) is 0 Å². The number of fused-ring (bicyclic) bond motifs is 1. The number of hydrogen-bond donors (Lipinski definition) is 2. The number of carbonyl (C=O) groups is 1. The Hall–Kier alpha value is -2.80. The molecule has 0 bridgehead atoms. The first-order chi connectivity index (χ1) is 13.3. The van der Waals surface area contributed by atoms with Crippen molar-refractivity contribution in [3.8, 4) is 0 Å². The molecule has 2 aromatic carbocycles. The highest BCUT2D eigenvalue weighted by atomic mass is 19.4. The Labute approximate surface area is 160 Å². The number of aryl methyl sites for hydroxylation is 2. The third-order valence-corrected chi connectivity index (χ3v) is 4.70. The summed E-state index contributed by atoms with van der Waals surface area (Å²) in [5.41, 5.74) is 1.67.